The van der Waals surface area contributed by atoms with Crippen molar-refractivity contribution in [1.29, 1.82) is 0 Å². The van der Waals surface area contributed by atoms with Gasteiger partial charge in [-0.3, -0.25) is 4.98 Å². The summed E-state index contributed by atoms with van der Waals surface area (Å²) >= 11 is 0. The molecule has 0 N–H and O–H groups in total. The number of hydrogen-bond acceptors (Lipinski definition) is 6. The maximum absolute atomic E-state index is 5.69. The van der Waals surface area contributed by atoms with Crippen molar-refractivity contribution in [3.8, 4) is 34.4 Å². The van der Waals surface area contributed by atoms with E-state index in [9.17, 15) is 0 Å². The quantitative estimate of drug-likeness (QED) is 0.733. The molecule has 2 aromatic heterocycles. The van der Waals surface area contributed by atoms with Crippen molar-refractivity contribution in [3.63, 3.8) is 0 Å². The van der Waals surface area contributed by atoms with E-state index in [1.165, 1.54) is 0 Å². The van der Waals surface area contributed by atoms with Gasteiger partial charge in [0.2, 0.25) is 5.89 Å². The van der Waals surface area contributed by atoms with Crippen molar-refractivity contribution in [1.82, 2.24) is 15.2 Å². The number of ether oxygens (including phenoxy) is 2. The van der Waals surface area contributed by atoms with E-state index < -0.39 is 0 Å². The molecule has 3 aromatic rings. The van der Waals surface area contributed by atoms with E-state index in [1.807, 2.05) is 24.3 Å². The van der Waals surface area contributed by atoms with Gasteiger partial charge in [0.1, 0.15) is 11.5 Å². The summed E-state index contributed by atoms with van der Waals surface area (Å²) < 4.78 is 16.2. The van der Waals surface area contributed by atoms with E-state index in [0.717, 1.165) is 5.56 Å². The molecule has 0 aliphatic rings. The van der Waals surface area contributed by atoms with Crippen LogP contribution < -0.4 is 9.47 Å². The summed E-state index contributed by atoms with van der Waals surface area (Å²) in [7, 11) is 3.18. The van der Waals surface area contributed by atoms with Crippen molar-refractivity contribution < 1.29 is 13.9 Å². The largest absolute Gasteiger partial charge is 0.497 e. The Balaban J connectivity index is 2.00. The first-order valence-corrected chi connectivity index (χ1v) is 6.28. The van der Waals surface area contributed by atoms with Gasteiger partial charge in [-0.2, -0.15) is 0 Å². The Bertz CT molecular complexity index is 741. The number of pyridine rings is 1. The van der Waals surface area contributed by atoms with Crippen LogP contribution in [0.2, 0.25) is 0 Å². The smallest absolute Gasteiger partial charge is 0.251 e. The second-order valence-electron chi connectivity index (χ2n) is 4.22. The number of hydrogen-bond donors (Lipinski definition) is 0. The Morgan fingerprint density at radius 1 is 1.00 bits per heavy atom. The first kappa shape index (κ1) is 13.1. The fraction of sp³-hybridized carbons (Fsp3) is 0.133. The van der Waals surface area contributed by atoms with Crippen molar-refractivity contribution in [2.45, 2.75) is 0 Å². The molecule has 0 atom stereocenters. The molecule has 6 nitrogen and oxygen atoms in total. The van der Waals surface area contributed by atoms with Crippen molar-refractivity contribution in [2.75, 3.05) is 14.2 Å². The van der Waals surface area contributed by atoms with Gasteiger partial charge in [-0.1, -0.05) is 0 Å². The van der Waals surface area contributed by atoms with Gasteiger partial charge in [0, 0.05) is 18.5 Å². The molecular formula is C15H13N3O3. The summed E-state index contributed by atoms with van der Waals surface area (Å²) in [5.41, 5.74) is 1.48. The predicted octanol–water partition coefficient (Wildman–Crippen LogP) is 2.82. The van der Waals surface area contributed by atoms with Crippen LogP contribution in [0.25, 0.3) is 22.9 Å². The molecule has 0 bridgehead atoms. The Hall–Kier alpha value is -2.89. The Labute approximate surface area is 121 Å². The lowest BCUT2D eigenvalue weighted by atomic mass is 10.2. The molecule has 0 radical (unpaired) electrons. The first-order valence-electron chi connectivity index (χ1n) is 6.28. The first-order chi connectivity index (χ1) is 10.3. The van der Waals surface area contributed by atoms with Crippen LogP contribution in [0.15, 0.2) is 47.1 Å². The summed E-state index contributed by atoms with van der Waals surface area (Å²) in [6.07, 6.45) is 3.36. The minimum atomic E-state index is 0.383. The third kappa shape index (κ3) is 2.55. The summed E-state index contributed by atoms with van der Waals surface area (Å²) in [5.74, 6) is 2.10. The van der Waals surface area contributed by atoms with E-state index in [0.29, 0.717) is 28.8 Å². The van der Waals surface area contributed by atoms with Crippen LogP contribution >= 0.6 is 0 Å². The number of nitrogens with zero attached hydrogens (tertiary/aromatic N) is 3. The third-order valence-electron chi connectivity index (χ3n) is 2.97. The number of methoxy groups -OCH3 is 2. The lowest BCUT2D eigenvalue weighted by molar-refractivity contribution is 0.394. The zero-order chi connectivity index (χ0) is 14.7. The number of rotatable bonds is 4. The molecule has 6 heteroatoms. The Morgan fingerprint density at radius 2 is 1.86 bits per heavy atom. The fourth-order valence-corrected chi connectivity index (χ4v) is 1.91. The summed E-state index contributed by atoms with van der Waals surface area (Å²) in [5, 5.41) is 8.10. The van der Waals surface area contributed by atoms with Gasteiger partial charge in [-0.15, -0.1) is 10.2 Å². The average Bonchev–Trinajstić information content (AvgIpc) is 3.04. The molecule has 3 rings (SSSR count). The SMILES string of the molecule is COc1ccc(-c2nnc(-c3cccnc3)o2)c(OC)c1. The van der Waals surface area contributed by atoms with E-state index in [4.69, 9.17) is 13.9 Å². The molecule has 2 heterocycles. The van der Waals surface area contributed by atoms with Gasteiger partial charge in [0.25, 0.3) is 5.89 Å². The van der Waals surface area contributed by atoms with Gasteiger partial charge in [-0.25, -0.2) is 0 Å². The van der Waals surface area contributed by atoms with E-state index in [1.54, 1.807) is 32.7 Å². The predicted molar refractivity (Wildman–Crippen MR) is 76.1 cm³/mol. The van der Waals surface area contributed by atoms with Crippen LogP contribution in [-0.2, 0) is 0 Å². The molecule has 0 amide bonds. The highest BCUT2D eigenvalue weighted by Gasteiger charge is 2.15. The Kier molecular flexibility index (Phi) is 3.51. The van der Waals surface area contributed by atoms with Crippen molar-refractivity contribution >= 4 is 0 Å². The van der Waals surface area contributed by atoms with Gasteiger partial charge in [0.05, 0.1) is 25.3 Å². The zero-order valence-electron chi connectivity index (χ0n) is 11.6. The molecule has 0 saturated heterocycles. The van der Waals surface area contributed by atoms with E-state index in [-0.39, 0.29) is 0 Å². The minimum absolute atomic E-state index is 0.383. The molecule has 0 aliphatic heterocycles. The molecule has 1 aromatic carbocycles. The normalized spacial score (nSPS) is 10.4. The molecule has 0 unspecified atom stereocenters. The molecular weight excluding hydrogens is 270 g/mol. The summed E-state index contributed by atoms with van der Waals surface area (Å²) in [6.45, 7) is 0. The van der Waals surface area contributed by atoms with Gasteiger partial charge >= 0.3 is 0 Å². The molecule has 0 spiro atoms. The maximum atomic E-state index is 5.69. The lowest BCUT2D eigenvalue weighted by Gasteiger charge is -2.07. The van der Waals surface area contributed by atoms with Crippen molar-refractivity contribution in [3.05, 3.63) is 42.7 Å². The number of benzene rings is 1. The highest BCUT2D eigenvalue weighted by atomic mass is 16.5. The standard InChI is InChI=1S/C15H13N3O3/c1-19-11-5-6-12(13(8-11)20-2)15-18-17-14(21-15)10-4-3-7-16-9-10/h3-9H,1-2H3. The van der Waals surface area contributed by atoms with Gasteiger partial charge in [-0.05, 0) is 24.3 Å². The van der Waals surface area contributed by atoms with Crippen molar-refractivity contribution in [2.24, 2.45) is 0 Å². The molecule has 0 saturated carbocycles. The lowest BCUT2D eigenvalue weighted by Crippen LogP contribution is -1.90. The second kappa shape index (κ2) is 5.62. The van der Waals surface area contributed by atoms with Crippen LogP contribution in [0.5, 0.6) is 11.5 Å². The fourth-order valence-electron chi connectivity index (χ4n) is 1.91. The number of aromatic nitrogens is 3. The molecule has 0 aliphatic carbocycles. The molecule has 21 heavy (non-hydrogen) atoms. The molecule has 0 fully saturated rings. The van der Waals surface area contributed by atoms with Crippen LogP contribution in [0.3, 0.4) is 0 Å². The highest BCUT2D eigenvalue weighted by molar-refractivity contribution is 5.65. The van der Waals surface area contributed by atoms with Crippen LogP contribution in [0, 0.1) is 0 Å². The highest BCUT2D eigenvalue weighted by Crippen LogP contribution is 2.33. The van der Waals surface area contributed by atoms with Gasteiger partial charge in [0.15, 0.2) is 0 Å². The van der Waals surface area contributed by atoms with Crippen LogP contribution in [-0.4, -0.2) is 29.4 Å². The van der Waals surface area contributed by atoms with Gasteiger partial charge < -0.3 is 13.9 Å². The maximum Gasteiger partial charge on any atom is 0.251 e. The average molecular weight is 283 g/mol. The van der Waals surface area contributed by atoms with Crippen LogP contribution in [0.1, 0.15) is 0 Å². The topological polar surface area (TPSA) is 70.3 Å². The molecule has 106 valence electrons. The van der Waals surface area contributed by atoms with E-state index in [2.05, 4.69) is 15.2 Å². The van der Waals surface area contributed by atoms with E-state index >= 15 is 0 Å². The summed E-state index contributed by atoms with van der Waals surface area (Å²) in [4.78, 5) is 4.03. The third-order valence-corrected chi connectivity index (χ3v) is 2.97. The summed E-state index contributed by atoms with van der Waals surface area (Å²) in [6, 6.07) is 9.07. The minimum Gasteiger partial charge on any atom is -0.497 e. The monoisotopic (exact) mass is 283 g/mol. The zero-order valence-corrected chi connectivity index (χ0v) is 11.6. The van der Waals surface area contributed by atoms with Crippen LogP contribution in [0.4, 0.5) is 0 Å². The Morgan fingerprint density at radius 3 is 2.57 bits per heavy atom. The second-order valence-corrected chi connectivity index (χ2v) is 4.22.